The molecule has 0 fully saturated rings. The van der Waals surface area contributed by atoms with Crippen LogP contribution in [0.4, 0.5) is 0 Å². The predicted octanol–water partition coefficient (Wildman–Crippen LogP) is 3.54. The molecule has 0 saturated heterocycles. The van der Waals surface area contributed by atoms with Gasteiger partial charge in [0.05, 0.1) is 6.33 Å². The highest BCUT2D eigenvalue weighted by atomic mass is 15.1. The maximum Gasteiger partial charge on any atom is 0.108 e. The molecule has 0 aliphatic rings. The van der Waals surface area contributed by atoms with Gasteiger partial charge in [-0.1, -0.05) is 27.4 Å². The van der Waals surface area contributed by atoms with Crippen molar-refractivity contribution >= 4 is 5.84 Å². The maximum atomic E-state index is 4.34. The van der Waals surface area contributed by atoms with E-state index in [1.807, 2.05) is 70.1 Å². The smallest absolute Gasteiger partial charge is 0.108 e. The molecule has 0 aliphatic carbocycles. The average Bonchev–Trinajstić information content (AvgIpc) is 3.21. The fourth-order valence-electron chi connectivity index (χ4n) is 2.07. The predicted molar refractivity (Wildman–Crippen MR) is 107 cm³/mol. The van der Waals surface area contributed by atoms with Gasteiger partial charge in [-0.05, 0) is 5.92 Å². The fraction of sp³-hybridized carbons (Fsp3) is 0.526. The molecular formula is C19H34N6. The number of hydrogen-bond donors (Lipinski definition) is 0. The highest BCUT2D eigenvalue weighted by Gasteiger charge is 2.11. The maximum absolute atomic E-state index is 4.34. The molecule has 2 aromatic rings. The Kier molecular flexibility index (Phi) is 11.8. The third-order valence-electron chi connectivity index (χ3n) is 3.38. The molecule has 1 unspecified atom stereocenters. The lowest BCUT2D eigenvalue weighted by Gasteiger charge is -2.19. The number of imidazole rings is 2. The third-order valence-corrected chi connectivity index (χ3v) is 3.38. The van der Waals surface area contributed by atoms with Gasteiger partial charge < -0.3 is 14.0 Å². The lowest BCUT2D eigenvalue weighted by Crippen LogP contribution is -2.24. The Morgan fingerprint density at radius 1 is 1.28 bits per heavy atom. The SMILES string of the molecule is C=CN=C(CC(C)Cc1nccn1C)N(C)C.CC.Cn1ccnc1. The van der Waals surface area contributed by atoms with Gasteiger partial charge in [0, 0.05) is 72.0 Å². The zero-order valence-corrected chi connectivity index (χ0v) is 16.8. The molecule has 6 nitrogen and oxygen atoms in total. The summed E-state index contributed by atoms with van der Waals surface area (Å²) in [6, 6.07) is 0. The van der Waals surface area contributed by atoms with E-state index in [4.69, 9.17) is 0 Å². The van der Waals surface area contributed by atoms with Crippen LogP contribution in [0.15, 0.2) is 48.9 Å². The Bertz CT molecular complexity index is 595. The van der Waals surface area contributed by atoms with E-state index in [1.54, 1.807) is 18.7 Å². The van der Waals surface area contributed by atoms with Crippen molar-refractivity contribution in [2.75, 3.05) is 14.1 Å². The molecule has 2 rings (SSSR count). The highest BCUT2D eigenvalue weighted by Crippen LogP contribution is 2.12. The molecule has 0 spiro atoms. The third kappa shape index (κ3) is 9.49. The van der Waals surface area contributed by atoms with Crippen molar-refractivity contribution in [1.82, 2.24) is 24.0 Å². The summed E-state index contributed by atoms with van der Waals surface area (Å²) in [5, 5.41) is 0. The van der Waals surface area contributed by atoms with E-state index in [1.165, 1.54) is 0 Å². The minimum atomic E-state index is 0.511. The van der Waals surface area contributed by atoms with Crippen molar-refractivity contribution < 1.29 is 0 Å². The molecule has 1 atom stereocenters. The zero-order chi connectivity index (χ0) is 19.2. The van der Waals surface area contributed by atoms with Gasteiger partial charge in [0.15, 0.2) is 0 Å². The van der Waals surface area contributed by atoms with E-state index in [2.05, 4.69) is 33.0 Å². The average molecular weight is 347 g/mol. The van der Waals surface area contributed by atoms with E-state index in [-0.39, 0.29) is 0 Å². The molecule has 0 amide bonds. The second-order valence-corrected chi connectivity index (χ2v) is 5.82. The summed E-state index contributed by atoms with van der Waals surface area (Å²) in [6.07, 6.45) is 12.7. The summed E-state index contributed by atoms with van der Waals surface area (Å²) in [6.45, 7) is 9.87. The number of nitrogens with zero attached hydrogens (tertiary/aromatic N) is 6. The summed E-state index contributed by atoms with van der Waals surface area (Å²) in [4.78, 5) is 14.5. The quantitative estimate of drug-likeness (QED) is 0.615. The monoisotopic (exact) mass is 346 g/mol. The van der Waals surface area contributed by atoms with Crippen LogP contribution in [0.3, 0.4) is 0 Å². The standard InChI is InChI=1S/C13H22N4.C4H6N2.C2H6/c1-6-14-12(16(3)4)9-11(2)10-13-15-7-8-17(13)5;1-6-3-2-5-4-6;1-2/h6-8,11H,1,9-10H2,2-5H3;2-4H,1H3;1-2H3. The molecule has 0 N–H and O–H groups in total. The Labute approximate surface area is 152 Å². The first-order chi connectivity index (χ1) is 11.9. The van der Waals surface area contributed by atoms with Gasteiger partial charge in [0.1, 0.15) is 11.7 Å². The van der Waals surface area contributed by atoms with E-state index >= 15 is 0 Å². The van der Waals surface area contributed by atoms with Crippen LogP contribution in [0, 0.1) is 5.92 Å². The summed E-state index contributed by atoms with van der Waals surface area (Å²) in [5.74, 6) is 2.69. The van der Waals surface area contributed by atoms with Crippen LogP contribution in [0.25, 0.3) is 0 Å². The second-order valence-electron chi connectivity index (χ2n) is 5.82. The molecule has 0 aliphatic heterocycles. The number of hydrogen-bond acceptors (Lipinski definition) is 3. The lowest BCUT2D eigenvalue weighted by atomic mass is 10.0. The van der Waals surface area contributed by atoms with Crippen molar-refractivity contribution in [3.8, 4) is 0 Å². The van der Waals surface area contributed by atoms with Crippen LogP contribution in [-0.2, 0) is 20.5 Å². The summed E-state index contributed by atoms with van der Waals surface area (Å²) >= 11 is 0. The van der Waals surface area contributed by atoms with Gasteiger partial charge in [0.2, 0.25) is 0 Å². The van der Waals surface area contributed by atoms with Gasteiger partial charge in [-0.15, -0.1) is 0 Å². The van der Waals surface area contributed by atoms with Crippen molar-refractivity contribution in [2.45, 2.75) is 33.6 Å². The number of amidine groups is 1. The van der Waals surface area contributed by atoms with Gasteiger partial charge in [-0.3, -0.25) is 0 Å². The van der Waals surface area contributed by atoms with E-state index < -0.39 is 0 Å². The molecule has 0 aromatic carbocycles. The van der Waals surface area contributed by atoms with Crippen LogP contribution in [0.5, 0.6) is 0 Å². The molecule has 2 heterocycles. The fourth-order valence-corrected chi connectivity index (χ4v) is 2.07. The van der Waals surface area contributed by atoms with Crippen molar-refractivity contribution in [3.63, 3.8) is 0 Å². The van der Waals surface area contributed by atoms with Crippen molar-refractivity contribution in [2.24, 2.45) is 25.0 Å². The van der Waals surface area contributed by atoms with Crippen LogP contribution >= 0.6 is 0 Å². The largest absolute Gasteiger partial charge is 0.366 e. The minimum absolute atomic E-state index is 0.511. The topological polar surface area (TPSA) is 51.2 Å². The zero-order valence-electron chi connectivity index (χ0n) is 16.8. The molecule has 0 radical (unpaired) electrons. The number of rotatable bonds is 5. The Hall–Kier alpha value is -2.37. The van der Waals surface area contributed by atoms with E-state index in [0.29, 0.717) is 5.92 Å². The Morgan fingerprint density at radius 3 is 2.32 bits per heavy atom. The first kappa shape index (κ1) is 22.6. The normalized spacial score (nSPS) is 11.6. The number of aromatic nitrogens is 4. The molecular weight excluding hydrogens is 312 g/mol. The van der Waals surface area contributed by atoms with Crippen LogP contribution in [-0.4, -0.2) is 43.9 Å². The molecule has 25 heavy (non-hydrogen) atoms. The molecule has 0 bridgehead atoms. The first-order valence-electron chi connectivity index (χ1n) is 8.67. The second kappa shape index (κ2) is 13.0. The van der Waals surface area contributed by atoms with Crippen molar-refractivity contribution in [1.29, 1.82) is 0 Å². The van der Waals surface area contributed by atoms with Crippen LogP contribution < -0.4 is 0 Å². The van der Waals surface area contributed by atoms with Gasteiger partial charge >= 0.3 is 0 Å². The van der Waals surface area contributed by atoms with E-state index in [0.717, 1.165) is 24.5 Å². The summed E-state index contributed by atoms with van der Waals surface area (Å²) < 4.78 is 3.95. The van der Waals surface area contributed by atoms with Gasteiger partial charge in [-0.25, -0.2) is 15.0 Å². The number of aryl methyl sites for hydroxylation is 2. The van der Waals surface area contributed by atoms with Crippen LogP contribution in [0.1, 0.15) is 33.0 Å². The van der Waals surface area contributed by atoms with E-state index in [9.17, 15) is 0 Å². The minimum Gasteiger partial charge on any atom is -0.366 e. The lowest BCUT2D eigenvalue weighted by molar-refractivity contribution is 0.523. The molecule has 6 heteroatoms. The molecule has 2 aromatic heterocycles. The van der Waals surface area contributed by atoms with Crippen molar-refractivity contribution in [3.05, 3.63) is 49.7 Å². The molecule has 0 saturated carbocycles. The molecule has 140 valence electrons. The highest BCUT2D eigenvalue weighted by molar-refractivity contribution is 5.82. The number of aliphatic imine (C=N–C) groups is 1. The summed E-state index contributed by atoms with van der Waals surface area (Å²) in [5.41, 5.74) is 0. The Morgan fingerprint density at radius 2 is 1.96 bits per heavy atom. The van der Waals surface area contributed by atoms with Gasteiger partial charge in [-0.2, -0.15) is 0 Å². The Balaban J connectivity index is 0.000000596. The van der Waals surface area contributed by atoms with Gasteiger partial charge in [0.25, 0.3) is 0 Å². The summed E-state index contributed by atoms with van der Waals surface area (Å²) in [7, 11) is 7.98. The first-order valence-corrected chi connectivity index (χ1v) is 8.67. The van der Waals surface area contributed by atoms with Crippen LogP contribution in [0.2, 0.25) is 0 Å².